The maximum atomic E-state index is 14.3. The number of halogens is 1. The molecule has 1 amide bonds. The van der Waals surface area contributed by atoms with E-state index in [-0.39, 0.29) is 25.0 Å². The summed E-state index contributed by atoms with van der Waals surface area (Å²) in [5, 5.41) is 15.3. The Morgan fingerprint density at radius 2 is 2.00 bits per heavy atom. The van der Waals surface area contributed by atoms with Gasteiger partial charge in [-0.05, 0) is 11.6 Å². The fourth-order valence-corrected chi connectivity index (χ4v) is 3.60. The number of para-hydroxylation sites is 1. The lowest BCUT2D eigenvalue weighted by Crippen LogP contribution is -2.20. The number of carbonyl (C=O) groups excluding carboxylic acids is 1. The molecule has 4 rings (SSSR count). The average molecular weight is 476 g/mol. The maximum absolute atomic E-state index is 14.3. The summed E-state index contributed by atoms with van der Waals surface area (Å²) in [5.74, 6) is -0.565. The van der Waals surface area contributed by atoms with Crippen LogP contribution < -0.4 is 10.6 Å². The van der Waals surface area contributed by atoms with Gasteiger partial charge in [0.05, 0.1) is 28.5 Å². The van der Waals surface area contributed by atoms with Crippen molar-refractivity contribution >= 4 is 36.1 Å². The van der Waals surface area contributed by atoms with Gasteiger partial charge >= 0.3 is 0 Å². The monoisotopic (exact) mass is 475 g/mol. The number of nitriles is 1. The third-order valence-electron chi connectivity index (χ3n) is 5.29. The first-order valence-electron chi connectivity index (χ1n) is 10.2. The third kappa shape index (κ3) is 4.94. The number of hydrogen-bond donors (Lipinski definition) is 2. The summed E-state index contributed by atoms with van der Waals surface area (Å²) < 4.78 is 14.3. The van der Waals surface area contributed by atoms with Crippen LogP contribution in [-0.4, -0.2) is 39.4 Å². The Labute approximate surface area is 202 Å². The van der Waals surface area contributed by atoms with Crippen molar-refractivity contribution in [2.24, 2.45) is 0 Å². The summed E-state index contributed by atoms with van der Waals surface area (Å²) in [6.07, 6.45) is 5.65. The first-order chi connectivity index (χ1) is 16.0. The number of aromatic nitrogens is 4. The first-order valence-corrected chi connectivity index (χ1v) is 10.2. The molecule has 8 nitrogen and oxygen atoms in total. The molecule has 172 valence electrons. The summed E-state index contributed by atoms with van der Waals surface area (Å²) in [4.78, 5) is 29.1. The van der Waals surface area contributed by atoms with Crippen LogP contribution in [0.1, 0.15) is 34.3 Å². The summed E-state index contributed by atoms with van der Waals surface area (Å²) in [6, 6.07) is 11.0. The summed E-state index contributed by atoms with van der Waals surface area (Å²) in [7, 11) is 1.47. The van der Waals surface area contributed by atoms with Gasteiger partial charge in [-0.2, -0.15) is 18.8 Å². The van der Waals surface area contributed by atoms with Gasteiger partial charge < -0.3 is 10.6 Å². The Morgan fingerprint density at radius 1 is 1.18 bits per heavy atom. The fourth-order valence-electron chi connectivity index (χ4n) is 3.60. The summed E-state index contributed by atoms with van der Waals surface area (Å²) in [6.45, 7) is 2.52. The SMILES string of the molecule is CNC(=O)c1c(F)cnc2c([C@H](C)CNc3cc(-c4cncc(C#N)c4)ncn3)cccc12.S. The van der Waals surface area contributed by atoms with Gasteiger partial charge in [-0.15, -0.1) is 0 Å². The van der Waals surface area contributed by atoms with Gasteiger partial charge in [0.25, 0.3) is 5.91 Å². The Balaban J connectivity index is 0.00000324. The number of anilines is 1. The molecular formula is C24H22FN7OS. The molecule has 3 aromatic heterocycles. The number of amides is 1. The van der Waals surface area contributed by atoms with Crippen molar-refractivity contribution in [2.75, 3.05) is 18.9 Å². The van der Waals surface area contributed by atoms with Crippen LogP contribution in [0.15, 0.2) is 55.2 Å². The lowest BCUT2D eigenvalue weighted by atomic mass is 9.96. The van der Waals surface area contributed by atoms with E-state index in [1.54, 1.807) is 30.5 Å². The molecule has 1 aromatic carbocycles. The van der Waals surface area contributed by atoms with Crippen molar-refractivity contribution in [1.82, 2.24) is 25.3 Å². The number of benzene rings is 1. The molecule has 10 heteroatoms. The highest BCUT2D eigenvalue weighted by Crippen LogP contribution is 2.28. The van der Waals surface area contributed by atoms with Crippen molar-refractivity contribution in [2.45, 2.75) is 12.8 Å². The molecule has 0 unspecified atom stereocenters. The topological polar surface area (TPSA) is 116 Å². The minimum absolute atomic E-state index is 0. The van der Waals surface area contributed by atoms with Crippen molar-refractivity contribution in [3.8, 4) is 17.3 Å². The van der Waals surface area contributed by atoms with Gasteiger partial charge in [0, 0.05) is 48.9 Å². The van der Waals surface area contributed by atoms with Crippen molar-refractivity contribution in [3.05, 3.63) is 77.8 Å². The molecule has 0 spiro atoms. The summed E-state index contributed by atoms with van der Waals surface area (Å²) in [5.41, 5.74) is 3.25. The number of fused-ring (bicyclic) bond motifs is 1. The Morgan fingerprint density at radius 3 is 2.76 bits per heavy atom. The lowest BCUT2D eigenvalue weighted by Gasteiger charge is -2.17. The number of rotatable bonds is 6. The Bertz CT molecular complexity index is 1390. The maximum Gasteiger partial charge on any atom is 0.254 e. The molecule has 0 aliphatic rings. The van der Waals surface area contributed by atoms with Gasteiger partial charge in [-0.25, -0.2) is 14.4 Å². The Kier molecular flexibility index (Phi) is 7.71. The van der Waals surface area contributed by atoms with Crippen LogP contribution in [0, 0.1) is 17.1 Å². The molecular weight excluding hydrogens is 453 g/mol. The van der Waals surface area contributed by atoms with E-state index in [9.17, 15) is 9.18 Å². The second-order valence-electron chi connectivity index (χ2n) is 7.45. The van der Waals surface area contributed by atoms with E-state index in [4.69, 9.17) is 5.26 Å². The van der Waals surface area contributed by atoms with Crippen molar-refractivity contribution < 1.29 is 9.18 Å². The predicted molar refractivity (Wildman–Crippen MR) is 132 cm³/mol. The van der Waals surface area contributed by atoms with Crippen LogP contribution >= 0.6 is 13.5 Å². The number of nitrogens with one attached hydrogen (secondary N) is 2. The minimum atomic E-state index is -0.659. The Hall–Kier alpha value is -4.10. The highest BCUT2D eigenvalue weighted by atomic mass is 32.1. The molecule has 0 saturated heterocycles. The predicted octanol–water partition coefficient (Wildman–Crippen LogP) is 3.79. The zero-order valence-corrected chi connectivity index (χ0v) is 19.5. The molecule has 0 radical (unpaired) electrons. The zero-order chi connectivity index (χ0) is 23.4. The van der Waals surface area contributed by atoms with E-state index in [1.165, 1.54) is 19.6 Å². The molecule has 2 N–H and O–H groups in total. The van der Waals surface area contributed by atoms with Crippen LogP contribution in [-0.2, 0) is 0 Å². The molecule has 0 aliphatic heterocycles. The van der Waals surface area contributed by atoms with E-state index in [0.29, 0.717) is 34.5 Å². The van der Waals surface area contributed by atoms with Crippen LogP contribution in [0.2, 0.25) is 0 Å². The molecule has 4 aromatic rings. The standard InChI is InChI=1S/C24H20FN7O.H2S/c1-14(17-4-3-5-18-22(24(33)27-2)19(25)12-30-23(17)18)9-29-21-7-20(31-13-32-21)16-6-15(8-26)10-28-11-16;/h3-7,10-14H,9H2,1-2H3,(H,27,33)(H,29,31,32);1H2/t14-;/m1./s1. The lowest BCUT2D eigenvalue weighted by molar-refractivity contribution is 0.0960. The highest BCUT2D eigenvalue weighted by Gasteiger charge is 2.19. The smallest absolute Gasteiger partial charge is 0.254 e. The number of nitrogens with zero attached hydrogens (tertiary/aromatic N) is 5. The largest absolute Gasteiger partial charge is 0.369 e. The molecule has 34 heavy (non-hydrogen) atoms. The third-order valence-corrected chi connectivity index (χ3v) is 5.29. The van der Waals surface area contributed by atoms with E-state index < -0.39 is 11.7 Å². The van der Waals surface area contributed by atoms with Gasteiger partial charge in [0.2, 0.25) is 0 Å². The minimum Gasteiger partial charge on any atom is -0.369 e. The van der Waals surface area contributed by atoms with Gasteiger partial charge in [-0.3, -0.25) is 14.8 Å². The van der Waals surface area contributed by atoms with Gasteiger partial charge in [-0.1, -0.05) is 25.1 Å². The van der Waals surface area contributed by atoms with E-state index in [0.717, 1.165) is 17.3 Å². The van der Waals surface area contributed by atoms with Gasteiger partial charge in [0.1, 0.15) is 18.2 Å². The van der Waals surface area contributed by atoms with Crippen LogP contribution in [0.25, 0.3) is 22.2 Å². The number of hydrogen-bond acceptors (Lipinski definition) is 7. The molecule has 0 aliphatic carbocycles. The highest BCUT2D eigenvalue weighted by molar-refractivity contribution is 7.59. The number of pyridine rings is 2. The number of carbonyl (C=O) groups is 1. The summed E-state index contributed by atoms with van der Waals surface area (Å²) >= 11 is 0. The molecule has 1 atom stereocenters. The first kappa shape index (κ1) is 24.5. The quantitative estimate of drug-likeness (QED) is 0.436. The van der Waals surface area contributed by atoms with E-state index in [1.807, 2.05) is 13.0 Å². The molecule has 0 saturated carbocycles. The van der Waals surface area contributed by atoms with Crippen LogP contribution in [0.3, 0.4) is 0 Å². The van der Waals surface area contributed by atoms with Crippen molar-refractivity contribution in [1.29, 1.82) is 5.26 Å². The second-order valence-corrected chi connectivity index (χ2v) is 7.45. The van der Waals surface area contributed by atoms with Crippen LogP contribution in [0.4, 0.5) is 10.2 Å². The molecule has 0 bridgehead atoms. The normalized spacial score (nSPS) is 11.2. The van der Waals surface area contributed by atoms with Gasteiger partial charge in [0.15, 0.2) is 5.82 Å². The molecule has 3 heterocycles. The fraction of sp³-hybridized carbons (Fsp3) is 0.167. The van der Waals surface area contributed by atoms with Crippen LogP contribution in [0.5, 0.6) is 0 Å². The van der Waals surface area contributed by atoms with Crippen molar-refractivity contribution in [3.63, 3.8) is 0 Å². The average Bonchev–Trinajstić information content (AvgIpc) is 2.86. The van der Waals surface area contributed by atoms with E-state index in [2.05, 4.69) is 36.6 Å². The van der Waals surface area contributed by atoms with E-state index >= 15 is 0 Å². The second kappa shape index (κ2) is 10.7. The zero-order valence-electron chi connectivity index (χ0n) is 18.5. The molecule has 0 fully saturated rings.